The number of nitrogens with one attached hydrogen (secondary N) is 1. The van der Waals surface area contributed by atoms with Crippen molar-refractivity contribution >= 4 is 10.0 Å². The summed E-state index contributed by atoms with van der Waals surface area (Å²) in [5.41, 5.74) is 3.36. The van der Waals surface area contributed by atoms with Gasteiger partial charge >= 0.3 is 0 Å². The Labute approximate surface area is 136 Å². The van der Waals surface area contributed by atoms with E-state index in [2.05, 4.69) is 18.3 Å². The summed E-state index contributed by atoms with van der Waals surface area (Å²) in [6.07, 6.45) is 0. The molecule has 0 radical (unpaired) electrons. The molecule has 2 unspecified atom stereocenters. The van der Waals surface area contributed by atoms with Crippen molar-refractivity contribution in [1.82, 2.24) is 5.32 Å². The molecule has 23 heavy (non-hydrogen) atoms. The summed E-state index contributed by atoms with van der Waals surface area (Å²) in [4.78, 5) is 0.124. The second kappa shape index (κ2) is 5.96. The van der Waals surface area contributed by atoms with Crippen LogP contribution in [0.3, 0.4) is 0 Å². The topological polar surface area (TPSA) is 81.4 Å². The highest BCUT2D eigenvalue weighted by atomic mass is 32.2. The molecule has 0 amide bonds. The number of rotatable bonds is 4. The lowest BCUT2D eigenvalue weighted by atomic mass is 10.0. The normalized spacial score (nSPS) is 18.3. The third kappa shape index (κ3) is 3.39. The van der Waals surface area contributed by atoms with E-state index in [4.69, 9.17) is 9.88 Å². The van der Waals surface area contributed by atoms with Gasteiger partial charge in [0.2, 0.25) is 10.0 Å². The van der Waals surface area contributed by atoms with E-state index in [0.29, 0.717) is 6.61 Å². The first-order valence-electron chi connectivity index (χ1n) is 7.47. The van der Waals surface area contributed by atoms with Gasteiger partial charge in [0, 0.05) is 11.6 Å². The van der Waals surface area contributed by atoms with Crippen molar-refractivity contribution in [1.29, 1.82) is 0 Å². The first kappa shape index (κ1) is 16.0. The fourth-order valence-electron chi connectivity index (χ4n) is 2.82. The minimum atomic E-state index is -3.65. The number of aryl methyl sites for hydroxylation is 1. The van der Waals surface area contributed by atoms with Gasteiger partial charge in [-0.1, -0.05) is 29.8 Å². The van der Waals surface area contributed by atoms with Crippen LogP contribution in [0.2, 0.25) is 0 Å². The minimum Gasteiger partial charge on any atom is -0.491 e. The zero-order chi connectivity index (χ0) is 16.6. The molecular weight excluding hydrogens is 312 g/mol. The maximum absolute atomic E-state index is 11.3. The molecule has 2 aromatic rings. The van der Waals surface area contributed by atoms with Gasteiger partial charge in [0.1, 0.15) is 12.4 Å². The predicted octanol–water partition coefficient (Wildman–Crippen LogP) is 2.43. The fourth-order valence-corrected chi connectivity index (χ4v) is 3.33. The quantitative estimate of drug-likeness (QED) is 0.901. The molecule has 3 N–H and O–H groups in total. The van der Waals surface area contributed by atoms with E-state index in [1.807, 2.05) is 19.1 Å². The van der Waals surface area contributed by atoms with E-state index in [0.717, 1.165) is 16.9 Å². The van der Waals surface area contributed by atoms with Gasteiger partial charge in [-0.3, -0.25) is 0 Å². The van der Waals surface area contributed by atoms with Crippen molar-refractivity contribution in [3.63, 3.8) is 0 Å². The standard InChI is InChI=1S/C17H20N2O3S/c1-11-3-8-17-15(9-11)16(10-22-17)19-12(2)13-4-6-14(7-5-13)23(18,20)21/h3-9,12,16,19H,10H2,1-2H3,(H2,18,20,21). The van der Waals surface area contributed by atoms with Crippen LogP contribution in [0.4, 0.5) is 0 Å². The molecule has 0 saturated carbocycles. The highest BCUT2D eigenvalue weighted by Gasteiger charge is 2.25. The summed E-state index contributed by atoms with van der Waals surface area (Å²) in [5, 5.41) is 8.65. The second-order valence-corrected chi connectivity index (χ2v) is 7.47. The van der Waals surface area contributed by atoms with Crippen molar-refractivity contribution in [2.24, 2.45) is 5.14 Å². The van der Waals surface area contributed by atoms with Crippen LogP contribution in [0.25, 0.3) is 0 Å². The molecule has 1 aliphatic rings. The van der Waals surface area contributed by atoms with Gasteiger partial charge < -0.3 is 10.1 Å². The van der Waals surface area contributed by atoms with Gasteiger partial charge in [0.25, 0.3) is 0 Å². The molecule has 0 saturated heterocycles. The van der Waals surface area contributed by atoms with Crippen molar-refractivity contribution in [2.75, 3.05) is 6.61 Å². The van der Waals surface area contributed by atoms with Crippen LogP contribution in [0.15, 0.2) is 47.4 Å². The summed E-state index contributed by atoms with van der Waals surface area (Å²) in [6, 6.07) is 13.0. The van der Waals surface area contributed by atoms with Gasteiger partial charge in [-0.25, -0.2) is 13.6 Å². The molecule has 2 aromatic carbocycles. The molecular formula is C17H20N2O3S. The molecule has 3 rings (SSSR count). The molecule has 5 nitrogen and oxygen atoms in total. The maximum Gasteiger partial charge on any atom is 0.238 e. The summed E-state index contributed by atoms with van der Waals surface area (Å²) in [5.74, 6) is 0.921. The highest BCUT2D eigenvalue weighted by Crippen LogP contribution is 2.34. The predicted molar refractivity (Wildman–Crippen MR) is 88.8 cm³/mol. The third-order valence-electron chi connectivity index (χ3n) is 4.11. The average Bonchev–Trinajstić information content (AvgIpc) is 2.89. The molecule has 0 fully saturated rings. The summed E-state index contributed by atoms with van der Waals surface area (Å²) < 4.78 is 28.3. The summed E-state index contributed by atoms with van der Waals surface area (Å²) >= 11 is 0. The molecule has 1 aliphatic heterocycles. The zero-order valence-electron chi connectivity index (χ0n) is 13.1. The van der Waals surface area contributed by atoms with Crippen molar-refractivity contribution in [3.8, 4) is 5.75 Å². The first-order valence-corrected chi connectivity index (χ1v) is 9.01. The SMILES string of the molecule is Cc1ccc2c(c1)C(NC(C)c1ccc(S(N)(=O)=O)cc1)CO2. The molecule has 2 atom stereocenters. The number of hydrogen-bond acceptors (Lipinski definition) is 4. The van der Waals surface area contributed by atoms with Crippen LogP contribution in [0, 0.1) is 6.92 Å². The van der Waals surface area contributed by atoms with E-state index in [9.17, 15) is 8.42 Å². The largest absolute Gasteiger partial charge is 0.491 e. The van der Waals surface area contributed by atoms with E-state index in [-0.39, 0.29) is 17.0 Å². The number of fused-ring (bicyclic) bond motifs is 1. The van der Waals surface area contributed by atoms with Gasteiger partial charge in [0.15, 0.2) is 0 Å². The van der Waals surface area contributed by atoms with Crippen LogP contribution in [0.5, 0.6) is 5.75 Å². The number of sulfonamides is 1. The van der Waals surface area contributed by atoms with Crippen LogP contribution >= 0.6 is 0 Å². The molecule has 0 aliphatic carbocycles. The Morgan fingerprint density at radius 1 is 1.22 bits per heavy atom. The average molecular weight is 332 g/mol. The highest BCUT2D eigenvalue weighted by molar-refractivity contribution is 7.89. The van der Waals surface area contributed by atoms with E-state index in [1.54, 1.807) is 12.1 Å². The molecule has 0 spiro atoms. The van der Waals surface area contributed by atoms with Gasteiger partial charge in [-0.05, 0) is 37.6 Å². The lowest BCUT2D eigenvalue weighted by molar-refractivity contribution is 0.301. The van der Waals surface area contributed by atoms with E-state index in [1.165, 1.54) is 17.7 Å². The summed E-state index contributed by atoms with van der Waals surface area (Å²) in [6.45, 7) is 4.70. The monoisotopic (exact) mass is 332 g/mol. The van der Waals surface area contributed by atoms with Crippen LogP contribution in [0.1, 0.15) is 35.7 Å². The number of hydrogen-bond donors (Lipinski definition) is 2. The van der Waals surface area contributed by atoms with Gasteiger partial charge in [-0.2, -0.15) is 0 Å². The molecule has 6 heteroatoms. The first-order chi connectivity index (χ1) is 10.8. The lowest BCUT2D eigenvalue weighted by Crippen LogP contribution is -2.25. The van der Waals surface area contributed by atoms with Crippen molar-refractivity contribution in [3.05, 3.63) is 59.2 Å². The number of benzene rings is 2. The van der Waals surface area contributed by atoms with Crippen LogP contribution < -0.4 is 15.2 Å². The van der Waals surface area contributed by atoms with E-state index >= 15 is 0 Å². The Morgan fingerprint density at radius 3 is 2.57 bits per heavy atom. The van der Waals surface area contributed by atoms with Crippen molar-refractivity contribution < 1.29 is 13.2 Å². The Hall–Kier alpha value is -1.89. The zero-order valence-corrected chi connectivity index (χ0v) is 13.9. The maximum atomic E-state index is 11.3. The lowest BCUT2D eigenvalue weighted by Gasteiger charge is -2.19. The second-order valence-electron chi connectivity index (χ2n) is 5.91. The third-order valence-corrected chi connectivity index (χ3v) is 5.04. The van der Waals surface area contributed by atoms with Crippen molar-refractivity contribution in [2.45, 2.75) is 30.8 Å². The molecule has 1 heterocycles. The smallest absolute Gasteiger partial charge is 0.238 e. The number of ether oxygens (including phenoxy) is 1. The Kier molecular flexibility index (Phi) is 4.14. The summed E-state index contributed by atoms with van der Waals surface area (Å²) in [7, 11) is -3.65. The van der Waals surface area contributed by atoms with Gasteiger partial charge in [-0.15, -0.1) is 0 Å². The fraction of sp³-hybridized carbons (Fsp3) is 0.294. The Bertz CT molecular complexity index is 816. The molecule has 122 valence electrons. The Balaban J connectivity index is 1.76. The van der Waals surface area contributed by atoms with Crippen LogP contribution in [-0.2, 0) is 10.0 Å². The van der Waals surface area contributed by atoms with Gasteiger partial charge in [0.05, 0.1) is 10.9 Å². The molecule has 0 bridgehead atoms. The minimum absolute atomic E-state index is 0.0598. The number of primary sulfonamides is 1. The van der Waals surface area contributed by atoms with Crippen LogP contribution in [-0.4, -0.2) is 15.0 Å². The number of nitrogens with two attached hydrogens (primary N) is 1. The Morgan fingerprint density at radius 2 is 1.91 bits per heavy atom. The van der Waals surface area contributed by atoms with E-state index < -0.39 is 10.0 Å². The molecule has 0 aromatic heterocycles.